The smallest absolute Gasteiger partial charge is 0.319 e. The first-order valence-corrected chi connectivity index (χ1v) is 14.8. The summed E-state index contributed by atoms with van der Waals surface area (Å²) in [5.41, 5.74) is 1.12. The number of fused-ring (bicyclic) bond motifs is 1. The van der Waals surface area contributed by atoms with Gasteiger partial charge in [-0.25, -0.2) is 4.79 Å². The maximum Gasteiger partial charge on any atom is 0.319 e. The number of aliphatic hydroxyl groups excluding tert-OH is 1. The van der Waals surface area contributed by atoms with Crippen molar-refractivity contribution in [2.45, 2.75) is 128 Å². The number of ether oxygens (including phenoxy) is 4. The van der Waals surface area contributed by atoms with Crippen LogP contribution in [0.5, 0.6) is 0 Å². The van der Waals surface area contributed by atoms with Crippen LogP contribution in [0.3, 0.4) is 0 Å². The average molecular weight is 565 g/mol. The molecular weight excluding hydrogens is 516 g/mol. The summed E-state index contributed by atoms with van der Waals surface area (Å²) in [7, 11) is 0. The highest BCUT2D eigenvalue weighted by Crippen LogP contribution is 2.40. The second kappa shape index (κ2) is 16.3. The topological polar surface area (TPSA) is 136 Å². The molecule has 0 radical (unpaired) electrons. The Balaban J connectivity index is 1.45. The first-order valence-electron chi connectivity index (χ1n) is 14.8. The summed E-state index contributed by atoms with van der Waals surface area (Å²) in [6, 6.07) is 5.24. The number of hydrogen-bond acceptors (Lipinski definition) is 7. The van der Waals surface area contributed by atoms with Crippen LogP contribution in [-0.4, -0.2) is 71.9 Å². The van der Waals surface area contributed by atoms with Gasteiger partial charge in [0.25, 0.3) is 0 Å². The molecule has 10 heteroatoms. The van der Waals surface area contributed by atoms with E-state index in [0.29, 0.717) is 17.9 Å². The molecular formula is C30H48N2O8. The second-order valence-corrected chi connectivity index (χ2v) is 11.2. The maximum atomic E-state index is 12.7. The van der Waals surface area contributed by atoms with Crippen molar-refractivity contribution in [1.82, 2.24) is 5.32 Å². The predicted molar refractivity (Wildman–Crippen MR) is 151 cm³/mol. The van der Waals surface area contributed by atoms with Gasteiger partial charge in [-0.05, 0) is 38.0 Å². The molecule has 3 rings (SSSR count). The van der Waals surface area contributed by atoms with Crippen molar-refractivity contribution in [3.63, 3.8) is 0 Å². The number of rotatable bonds is 18. The molecule has 2 saturated heterocycles. The zero-order valence-electron chi connectivity index (χ0n) is 24.2. The molecule has 2 heterocycles. The molecule has 0 spiro atoms. The molecule has 1 aromatic carbocycles. The van der Waals surface area contributed by atoms with E-state index < -0.39 is 48.4 Å². The molecule has 0 aliphatic carbocycles. The Hall–Kier alpha value is -2.24. The largest absolute Gasteiger partial charge is 0.481 e. The number of carboxylic acids is 1. The lowest BCUT2D eigenvalue weighted by atomic mass is 10.0. The molecule has 2 aliphatic heterocycles. The molecule has 226 valence electrons. The summed E-state index contributed by atoms with van der Waals surface area (Å²) in [5.74, 6) is -1.76. The minimum atomic E-state index is -0.925. The lowest BCUT2D eigenvalue weighted by Gasteiger charge is -2.28. The molecule has 40 heavy (non-hydrogen) atoms. The Kier molecular flexibility index (Phi) is 13.1. The maximum absolute atomic E-state index is 12.7. The van der Waals surface area contributed by atoms with Gasteiger partial charge in [0, 0.05) is 12.3 Å². The van der Waals surface area contributed by atoms with E-state index in [4.69, 9.17) is 24.1 Å². The SMILES string of the molecule is CCCCCCCCCCCCO[C@H]1O[C@H]([C@H](CO)NC(=O)Nc2ccc(CC(=O)O)cc2)[C@@H]2OC(C)(C)O[C@H]12. The molecule has 2 aliphatic rings. The van der Waals surface area contributed by atoms with E-state index in [1.54, 1.807) is 24.3 Å². The fourth-order valence-corrected chi connectivity index (χ4v) is 5.29. The fourth-order valence-electron chi connectivity index (χ4n) is 5.29. The molecule has 4 N–H and O–H groups in total. The summed E-state index contributed by atoms with van der Waals surface area (Å²) in [5, 5.41) is 24.5. The first kappa shape index (κ1) is 32.3. The number of unbranched alkanes of at least 4 members (excludes halogenated alkanes) is 9. The number of amides is 2. The van der Waals surface area contributed by atoms with Crippen molar-refractivity contribution >= 4 is 17.7 Å². The van der Waals surface area contributed by atoms with E-state index in [0.717, 1.165) is 12.8 Å². The Bertz CT molecular complexity index is 909. The summed E-state index contributed by atoms with van der Waals surface area (Å²) in [6.07, 6.45) is 9.98. The number of nitrogens with one attached hydrogen (secondary N) is 2. The van der Waals surface area contributed by atoms with Crippen LogP contribution in [0.25, 0.3) is 0 Å². The lowest BCUT2D eigenvalue weighted by molar-refractivity contribution is -0.237. The van der Waals surface area contributed by atoms with Crippen molar-refractivity contribution in [3.8, 4) is 0 Å². The first-order chi connectivity index (χ1) is 19.2. The van der Waals surface area contributed by atoms with Gasteiger partial charge in [0.15, 0.2) is 12.1 Å². The van der Waals surface area contributed by atoms with Crippen LogP contribution in [0.15, 0.2) is 24.3 Å². The monoisotopic (exact) mass is 564 g/mol. The number of aliphatic carboxylic acids is 1. The zero-order chi connectivity index (χ0) is 29.0. The van der Waals surface area contributed by atoms with Gasteiger partial charge in [-0.1, -0.05) is 76.8 Å². The van der Waals surface area contributed by atoms with Gasteiger partial charge in [0.2, 0.25) is 0 Å². The molecule has 10 nitrogen and oxygen atoms in total. The predicted octanol–water partition coefficient (Wildman–Crippen LogP) is 4.98. The van der Waals surface area contributed by atoms with Crippen molar-refractivity contribution in [3.05, 3.63) is 29.8 Å². The second-order valence-electron chi connectivity index (χ2n) is 11.2. The summed E-state index contributed by atoms with van der Waals surface area (Å²) >= 11 is 0. The van der Waals surface area contributed by atoms with E-state index in [2.05, 4.69) is 17.6 Å². The minimum absolute atomic E-state index is 0.0957. The van der Waals surface area contributed by atoms with E-state index in [-0.39, 0.29) is 13.0 Å². The fraction of sp³-hybridized carbons (Fsp3) is 0.733. The van der Waals surface area contributed by atoms with Crippen LogP contribution in [0.1, 0.15) is 90.5 Å². The summed E-state index contributed by atoms with van der Waals surface area (Å²) in [4.78, 5) is 23.6. The van der Waals surface area contributed by atoms with Gasteiger partial charge < -0.3 is 39.8 Å². The quantitative estimate of drug-likeness (QED) is 0.183. The average Bonchev–Trinajstić information content (AvgIpc) is 3.39. The molecule has 2 fully saturated rings. The Labute approximate surface area is 238 Å². The highest BCUT2D eigenvalue weighted by Gasteiger charge is 2.57. The van der Waals surface area contributed by atoms with Crippen LogP contribution in [0, 0.1) is 0 Å². The van der Waals surface area contributed by atoms with Crippen LogP contribution in [0.2, 0.25) is 0 Å². The van der Waals surface area contributed by atoms with Crippen molar-refractivity contribution in [1.29, 1.82) is 0 Å². The van der Waals surface area contributed by atoms with Crippen molar-refractivity contribution < 1.29 is 38.7 Å². The third-order valence-corrected chi connectivity index (χ3v) is 7.30. The molecule has 2 amide bonds. The number of urea groups is 1. The molecule has 1 aromatic rings. The van der Waals surface area contributed by atoms with Gasteiger partial charge >= 0.3 is 12.0 Å². The number of carbonyl (C=O) groups is 2. The zero-order valence-corrected chi connectivity index (χ0v) is 24.2. The van der Waals surface area contributed by atoms with Crippen LogP contribution >= 0.6 is 0 Å². The van der Waals surface area contributed by atoms with Crippen molar-refractivity contribution in [2.75, 3.05) is 18.5 Å². The Morgan fingerprint density at radius 3 is 2.15 bits per heavy atom. The van der Waals surface area contributed by atoms with Crippen LogP contribution in [-0.2, 0) is 30.2 Å². The van der Waals surface area contributed by atoms with Crippen molar-refractivity contribution in [2.24, 2.45) is 0 Å². The highest BCUT2D eigenvalue weighted by molar-refractivity contribution is 5.89. The number of carboxylic acid groups (broad SMARTS) is 1. The third kappa shape index (κ3) is 10.3. The summed E-state index contributed by atoms with van der Waals surface area (Å²) in [6.45, 7) is 6.06. The Morgan fingerprint density at radius 1 is 0.950 bits per heavy atom. The molecule has 0 unspecified atom stereocenters. The van der Waals surface area contributed by atoms with E-state index in [1.165, 1.54) is 51.4 Å². The van der Waals surface area contributed by atoms with E-state index in [9.17, 15) is 14.7 Å². The van der Waals surface area contributed by atoms with E-state index in [1.807, 2.05) is 13.8 Å². The number of hydrogen-bond donors (Lipinski definition) is 4. The Morgan fingerprint density at radius 2 is 1.55 bits per heavy atom. The van der Waals surface area contributed by atoms with Gasteiger partial charge in [-0.2, -0.15) is 0 Å². The normalized spacial score (nSPS) is 24.0. The standard InChI is InChI=1S/C30H48N2O8/c1-4-5-6-7-8-9-10-11-12-13-18-37-28-27-26(39-30(2,3)40-27)25(38-28)23(20-33)32-29(36)31-22-16-14-21(15-17-22)19-24(34)35/h14-17,23,25-28,33H,4-13,18-20H2,1-3H3,(H,34,35)(H2,31,32,36)/t23-,25+,26-,27-,28-/m0/s1. The van der Waals surface area contributed by atoms with Gasteiger partial charge in [0.05, 0.1) is 19.1 Å². The van der Waals surface area contributed by atoms with Gasteiger partial charge in [0.1, 0.15) is 18.3 Å². The number of carbonyl (C=O) groups excluding carboxylic acids is 1. The lowest BCUT2D eigenvalue weighted by Crippen LogP contribution is -2.52. The van der Waals surface area contributed by atoms with Gasteiger partial charge in [-0.15, -0.1) is 0 Å². The minimum Gasteiger partial charge on any atom is -0.481 e. The molecule has 0 bridgehead atoms. The van der Waals surface area contributed by atoms with Crippen LogP contribution < -0.4 is 10.6 Å². The molecule has 0 aromatic heterocycles. The van der Waals surface area contributed by atoms with E-state index >= 15 is 0 Å². The number of aliphatic hydroxyl groups is 1. The summed E-state index contributed by atoms with van der Waals surface area (Å²) < 4.78 is 24.4. The third-order valence-electron chi connectivity index (χ3n) is 7.30. The highest BCUT2D eigenvalue weighted by atomic mass is 16.8. The number of anilines is 1. The number of benzene rings is 1. The van der Waals surface area contributed by atoms with Crippen LogP contribution in [0.4, 0.5) is 10.5 Å². The molecule has 0 saturated carbocycles. The molecule has 5 atom stereocenters. The van der Waals surface area contributed by atoms with Gasteiger partial charge in [-0.3, -0.25) is 4.79 Å².